The Kier molecular flexibility index (Phi) is 1.10. The SMILES string of the molecule is [2H]c1nc([2H])c(-c2nc(Br)sc2[2H])c([2H])c1[2H]. The lowest BCUT2D eigenvalue weighted by atomic mass is 10.2. The number of pyridine rings is 1. The average molecular weight is 246 g/mol. The zero-order valence-electron chi connectivity index (χ0n) is 10.7. The maximum absolute atomic E-state index is 7.72. The molecular weight excluding hydrogens is 236 g/mol. The van der Waals surface area contributed by atoms with Crippen LogP contribution >= 0.6 is 27.3 Å². The summed E-state index contributed by atoms with van der Waals surface area (Å²) in [4.78, 5) is 7.55. The summed E-state index contributed by atoms with van der Waals surface area (Å²) in [5.41, 5.74) is 0.177. The molecular formula is C8H5BrN2S. The summed E-state index contributed by atoms with van der Waals surface area (Å²) < 4.78 is 38.3. The van der Waals surface area contributed by atoms with Crippen molar-refractivity contribution in [1.82, 2.24) is 9.97 Å². The van der Waals surface area contributed by atoms with Crippen molar-refractivity contribution in [3.63, 3.8) is 0 Å². The molecule has 2 heterocycles. The fourth-order valence-electron chi connectivity index (χ4n) is 0.673. The Hall–Kier alpha value is -0.740. The van der Waals surface area contributed by atoms with Gasteiger partial charge in [0.1, 0.15) is 0 Å². The predicted octanol–water partition coefficient (Wildman–Crippen LogP) is 2.97. The van der Waals surface area contributed by atoms with E-state index in [0.29, 0.717) is 3.92 Å². The Morgan fingerprint density at radius 3 is 3.25 bits per heavy atom. The van der Waals surface area contributed by atoms with E-state index in [1.165, 1.54) is 0 Å². The van der Waals surface area contributed by atoms with Gasteiger partial charge in [-0.3, -0.25) is 4.98 Å². The molecule has 2 nitrogen and oxygen atoms in total. The van der Waals surface area contributed by atoms with Crippen LogP contribution in [-0.4, -0.2) is 9.97 Å². The van der Waals surface area contributed by atoms with Gasteiger partial charge in [0.25, 0.3) is 0 Å². The monoisotopic (exact) mass is 245 g/mol. The molecule has 0 amide bonds. The fourth-order valence-corrected chi connectivity index (χ4v) is 1.56. The Labute approximate surface area is 89.5 Å². The van der Waals surface area contributed by atoms with Crippen molar-refractivity contribution in [2.24, 2.45) is 0 Å². The molecule has 0 fully saturated rings. The second kappa shape index (κ2) is 3.33. The minimum atomic E-state index is -0.412. The first kappa shape index (κ1) is 3.98. The Morgan fingerprint density at radius 2 is 2.50 bits per heavy atom. The second-order valence-corrected chi connectivity index (χ2v) is 3.95. The fraction of sp³-hybridized carbons (Fsp3) is 0. The maximum Gasteiger partial charge on any atom is 0.159 e. The minimum absolute atomic E-state index is 0.0259. The van der Waals surface area contributed by atoms with Crippen molar-refractivity contribution in [3.8, 4) is 11.3 Å². The molecule has 0 atom stereocenters. The molecule has 0 aliphatic heterocycles. The van der Waals surface area contributed by atoms with E-state index in [1.54, 1.807) is 0 Å². The lowest BCUT2D eigenvalue weighted by molar-refractivity contribution is 1.30. The van der Waals surface area contributed by atoms with Crippen LogP contribution in [0.25, 0.3) is 11.3 Å². The molecule has 0 bridgehead atoms. The molecule has 12 heavy (non-hydrogen) atoms. The van der Waals surface area contributed by atoms with Crippen LogP contribution in [0.3, 0.4) is 0 Å². The Balaban J connectivity index is 2.76. The second-order valence-electron chi connectivity index (χ2n) is 1.88. The lowest BCUT2D eigenvalue weighted by Crippen LogP contribution is -1.77. The number of nitrogens with zero attached hydrogens (tertiary/aromatic N) is 2. The van der Waals surface area contributed by atoms with E-state index in [0.717, 1.165) is 11.3 Å². The summed E-state index contributed by atoms with van der Waals surface area (Å²) >= 11 is 4.18. The molecule has 0 N–H and O–H groups in total. The highest BCUT2D eigenvalue weighted by Crippen LogP contribution is 2.23. The van der Waals surface area contributed by atoms with Gasteiger partial charge in [-0.1, -0.05) is 0 Å². The van der Waals surface area contributed by atoms with Crippen molar-refractivity contribution in [1.29, 1.82) is 0 Å². The van der Waals surface area contributed by atoms with Gasteiger partial charge in [-0.25, -0.2) is 4.98 Å². The number of hydrogen-bond acceptors (Lipinski definition) is 3. The molecule has 2 rings (SSSR count). The van der Waals surface area contributed by atoms with Gasteiger partial charge in [0, 0.05) is 23.3 Å². The van der Waals surface area contributed by atoms with Crippen molar-refractivity contribution < 1.29 is 6.85 Å². The van der Waals surface area contributed by atoms with E-state index < -0.39 is 6.17 Å². The minimum Gasteiger partial charge on any atom is -0.264 e. The first-order valence-corrected chi connectivity index (χ1v) is 4.60. The molecule has 0 radical (unpaired) electrons. The van der Waals surface area contributed by atoms with Crippen molar-refractivity contribution in [2.45, 2.75) is 0 Å². The summed E-state index contributed by atoms with van der Waals surface area (Å²) in [7, 11) is 0. The van der Waals surface area contributed by atoms with Crippen LogP contribution in [0, 0.1) is 0 Å². The summed E-state index contributed by atoms with van der Waals surface area (Å²) in [6, 6.07) is -0.652. The third-order valence-electron chi connectivity index (χ3n) is 1.14. The van der Waals surface area contributed by atoms with Gasteiger partial charge in [0.15, 0.2) is 3.92 Å². The van der Waals surface area contributed by atoms with E-state index in [2.05, 4.69) is 25.9 Å². The van der Waals surface area contributed by atoms with Gasteiger partial charge >= 0.3 is 0 Å². The van der Waals surface area contributed by atoms with Crippen molar-refractivity contribution >= 4 is 27.3 Å². The zero-order chi connectivity index (χ0) is 12.7. The number of aromatic nitrogens is 2. The number of hydrogen-bond donors (Lipinski definition) is 0. The number of rotatable bonds is 1. The highest BCUT2D eigenvalue weighted by molar-refractivity contribution is 9.11. The standard InChI is InChI=1S/C8H5BrN2S/c9-8-11-7(5-12-8)6-2-1-3-10-4-6/h1-5H/i1D,2D,3D,4D,5D. The first-order chi connectivity index (χ1) is 7.91. The largest absolute Gasteiger partial charge is 0.264 e. The predicted molar refractivity (Wildman–Crippen MR) is 53.0 cm³/mol. The van der Waals surface area contributed by atoms with Crippen molar-refractivity contribution in [3.05, 3.63) is 33.7 Å². The Bertz CT molecular complexity index is 600. The topological polar surface area (TPSA) is 25.8 Å². The first-order valence-electron chi connectivity index (χ1n) is 5.49. The highest BCUT2D eigenvalue weighted by Gasteiger charge is 2.00. The van der Waals surface area contributed by atoms with Crippen LogP contribution in [0.15, 0.2) is 33.7 Å². The average Bonchev–Trinajstić information content (AvgIpc) is 2.55. The molecule has 60 valence electrons. The molecule has 0 saturated carbocycles. The van der Waals surface area contributed by atoms with Crippen LogP contribution in [0.4, 0.5) is 0 Å². The van der Waals surface area contributed by atoms with Crippen LogP contribution < -0.4 is 0 Å². The van der Waals surface area contributed by atoms with Gasteiger partial charge < -0.3 is 0 Å². The summed E-state index contributed by atoms with van der Waals surface area (Å²) in [6.45, 7) is 0. The van der Waals surface area contributed by atoms with Gasteiger partial charge in [-0.2, -0.15) is 0 Å². The van der Waals surface area contributed by atoms with Gasteiger partial charge in [0.05, 0.1) is 12.5 Å². The van der Waals surface area contributed by atoms with Crippen molar-refractivity contribution in [2.75, 3.05) is 0 Å². The van der Waals surface area contributed by atoms with E-state index in [9.17, 15) is 0 Å². The number of halogens is 1. The number of thiazole rings is 1. The molecule has 0 saturated heterocycles. The molecule has 2 aromatic heterocycles. The molecule has 0 aliphatic carbocycles. The van der Waals surface area contributed by atoms with Gasteiger partial charge in [-0.05, 0) is 28.0 Å². The van der Waals surface area contributed by atoms with E-state index in [1.807, 2.05) is 0 Å². The summed E-state index contributed by atoms with van der Waals surface area (Å²) in [5, 5.41) is 0.0952. The van der Waals surface area contributed by atoms with Crippen LogP contribution in [0.1, 0.15) is 6.85 Å². The molecule has 0 aromatic carbocycles. The van der Waals surface area contributed by atoms with Gasteiger partial charge in [0.2, 0.25) is 0 Å². The van der Waals surface area contributed by atoms with E-state index >= 15 is 0 Å². The molecule has 2 aromatic rings. The summed E-state index contributed by atoms with van der Waals surface area (Å²) in [5.74, 6) is 0. The Morgan fingerprint density at radius 1 is 1.58 bits per heavy atom. The van der Waals surface area contributed by atoms with E-state index in [-0.39, 0.29) is 34.9 Å². The van der Waals surface area contributed by atoms with Crippen LogP contribution in [0.5, 0.6) is 0 Å². The smallest absolute Gasteiger partial charge is 0.159 e. The zero-order valence-corrected chi connectivity index (χ0v) is 8.08. The van der Waals surface area contributed by atoms with Crippen LogP contribution in [-0.2, 0) is 0 Å². The summed E-state index contributed by atoms with van der Waals surface area (Å²) in [6.07, 6.45) is -0.716. The third-order valence-corrected chi connectivity index (χ3v) is 2.35. The lowest BCUT2D eigenvalue weighted by Gasteiger charge is -1.91. The maximum atomic E-state index is 7.72. The highest BCUT2D eigenvalue weighted by atomic mass is 79.9. The molecule has 0 unspecified atom stereocenters. The molecule has 0 aliphatic rings. The normalized spacial score (nSPS) is 15.9. The quantitative estimate of drug-likeness (QED) is 0.773. The van der Waals surface area contributed by atoms with E-state index in [4.69, 9.17) is 6.85 Å². The van der Waals surface area contributed by atoms with Crippen LogP contribution in [0.2, 0.25) is 0 Å². The molecule has 4 heteroatoms. The van der Waals surface area contributed by atoms with Gasteiger partial charge in [-0.15, -0.1) is 11.3 Å². The third kappa shape index (κ3) is 1.54. The molecule has 0 spiro atoms.